The second kappa shape index (κ2) is 6.55. The van der Waals surface area contributed by atoms with Gasteiger partial charge in [0.1, 0.15) is 0 Å². The smallest absolute Gasteiger partial charge is 0.256 e. The number of likely N-dealkylation sites (tertiary alicyclic amines) is 1. The number of pyridine rings is 1. The van der Waals surface area contributed by atoms with Gasteiger partial charge in [0.15, 0.2) is 0 Å². The van der Waals surface area contributed by atoms with Gasteiger partial charge in [0.2, 0.25) is 0 Å². The molecule has 1 atom stereocenters. The summed E-state index contributed by atoms with van der Waals surface area (Å²) in [7, 11) is 0. The molecule has 1 aliphatic heterocycles. The number of nitrogen functional groups attached to an aromatic ring is 1. The second-order valence-electron chi connectivity index (χ2n) is 5.34. The summed E-state index contributed by atoms with van der Waals surface area (Å²) in [6, 6.07) is 1.71. The fourth-order valence-electron chi connectivity index (χ4n) is 2.84. The van der Waals surface area contributed by atoms with Gasteiger partial charge in [-0.3, -0.25) is 9.78 Å². The van der Waals surface area contributed by atoms with Crippen LogP contribution in [-0.2, 0) is 0 Å². The fourth-order valence-corrected chi connectivity index (χ4v) is 2.84. The number of rotatable bonds is 3. The third-order valence-electron chi connectivity index (χ3n) is 3.91. The van der Waals surface area contributed by atoms with Gasteiger partial charge in [0.25, 0.3) is 5.91 Å². The molecule has 4 nitrogen and oxygen atoms in total. The van der Waals surface area contributed by atoms with Gasteiger partial charge in [-0.15, -0.1) is 0 Å². The molecule has 1 fully saturated rings. The summed E-state index contributed by atoms with van der Waals surface area (Å²) in [4.78, 5) is 18.3. The van der Waals surface area contributed by atoms with Crippen molar-refractivity contribution in [3.8, 4) is 0 Å². The van der Waals surface area contributed by atoms with Crippen LogP contribution in [0.4, 0.5) is 5.69 Å². The lowest BCUT2D eigenvalue weighted by Gasteiger charge is -2.21. The Labute approximate surface area is 115 Å². The Kier molecular flexibility index (Phi) is 4.77. The maximum Gasteiger partial charge on any atom is 0.256 e. The first-order chi connectivity index (χ1) is 9.22. The third kappa shape index (κ3) is 3.46. The van der Waals surface area contributed by atoms with E-state index in [-0.39, 0.29) is 5.91 Å². The van der Waals surface area contributed by atoms with E-state index in [2.05, 4.69) is 11.9 Å². The Balaban J connectivity index is 2.02. The summed E-state index contributed by atoms with van der Waals surface area (Å²) in [5.41, 5.74) is 6.89. The van der Waals surface area contributed by atoms with Crippen LogP contribution in [0.2, 0.25) is 0 Å². The van der Waals surface area contributed by atoms with E-state index in [9.17, 15) is 4.79 Å². The molecular formula is C15H23N3O. The SMILES string of the molecule is CCCC1CCCN(C(=O)c2ccncc2N)CC1. The van der Waals surface area contributed by atoms with E-state index in [0.717, 1.165) is 31.8 Å². The summed E-state index contributed by atoms with van der Waals surface area (Å²) in [6.45, 7) is 3.93. The molecule has 1 amide bonds. The first-order valence-electron chi connectivity index (χ1n) is 7.21. The zero-order valence-corrected chi connectivity index (χ0v) is 11.6. The Bertz CT molecular complexity index is 433. The lowest BCUT2D eigenvalue weighted by molar-refractivity contribution is 0.0761. The van der Waals surface area contributed by atoms with Gasteiger partial charge in [-0.2, -0.15) is 0 Å². The summed E-state index contributed by atoms with van der Waals surface area (Å²) >= 11 is 0. The van der Waals surface area contributed by atoms with Gasteiger partial charge in [0.05, 0.1) is 17.4 Å². The average molecular weight is 261 g/mol. The Hall–Kier alpha value is -1.58. The standard InChI is InChI=1S/C15H23N3O/c1-2-4-12-5-3-9-18(10-7-12)15(19)13-6-8-17-11-14(13)16/h6,8,11-12H,2-5,7,9-10,16H2,1H3. The number of hydrogen-bond acceptors (Lipinski definition) is 3. The normalized spacial score (nSPS) is 20.1. The van der Waals surface area contributed by atoms with Crippen LogP contribution in [0.15, 0.2) is 18.5 Å². The van der Waals surface area contributed by atoms with Crippen molar-refractivity contribution in [3.63, 3.8) is 0 Å². The highest BCUT2D eigenvalue weighted by molar-refractivity contribution is 5.98. The predicted octanol–water partition coefficient (Wildman–Crippen LogP) is 2.71. The molecule has 0 bridgehead atoms. The van der Waals surface area contributed by atoms with E-state index < -0.39 is 0 Å². The summed E-state index contributed by atoms with van der Waals surface area (Å²) in [6.07, 6.45) is 9.14. The molecule has 0 spiro atoms. The molecule has 2 N–H and O–H groups in total. The molecule has 1 unspecified atom stereocenters. The molecule has 1 aromatic heterocycles. The largest absolute Gasteiger partial charge is 0.397 e. The van der Waals surface area contributed by atoms with E-state index in [4.69, 9.17) is 5.73 Å². The molecule has 1 aromatic rings. The van der Waals surface area contributed by atoms with Gasteiger partial charge in [-0.1, -0.05) is 19.8 Å². The first kappa shape index (κ1) is 13.8. The van der Waals surface area contributed by atoms with E-state index >= 15 is 0 Å². The van der Waals surface area contributed by atoms with Crippen LogP contribution in [-0.4, -0.2) is 28.9 Å². The Morgan fingerprint density at radius 3 is 3.05 bits per heavy atom. The lowest BCUT2D eigenvalue weighted by atomic mass is 9.96. The van der Waals surface area contributed by atoms with E-state index in [1.165, 1.54) is 19.3 Å². The molecule has 0 radical (unpaired) electrons. The van der Waals surface area contributed by atoms with Crippen molar-refractivity contribution < 1.29 is 4.79 Å². The van der Waals surface area contributed by atoms with Gasteiger partial charge in [0, 0.05) is 19.3 Å². The maximum absolute atomic E-state index is 12.5. The Morgan fingerprint density at radius 1 is 1.47 bits per heavy atom. The fraction of sp³-hybridized carbons (Fsp3) is 0.600. The third-order valence-corrected chi connectivity index (χ3v) is 3.91. The van der Waals surface area contributed by atoms with Crippen molar-refractivity contribution in [3.05, 3.63) is 24.0 Å². The van der Waals surface area contributed by atoms with Crippen LogP contribution < -0.4 is 5.73 Å². The van der Waals surface area contributed by atoms with Crippen LogP contribution in [0.5, 0.6) is 0 Å². The van der Waals surface area contributed by atoms with Gasteiger partial charge in [-0.05, 0) is 31.2 Å². The van der Waals surface area contributed by atoms with Gasteiger partial charge >= 0.3 is 0 Å². The van der Waals surface area contributed by atoms with E-state index in [0.29, 0.717) is 11.3 Å². The van der Waals surface area contributed by atoms with Crippen molar-refractivity contribution in [2.75, 3.05) is 18.8 Å². The summed E-state index contributed by atoms with van der Waals surface area (Å²) in [5, 5.41) is 0. The Morgan fingerprint density at radius 2 is 2.32 bits per heavy atom. The highest BCUT2D eigenvalue weighted by Gasteiger charge is 2.22. The summed E-state index contributed by atoms with van der Waals surface area (Å²) < 4.78 is 0. The van der Waals surface area contributed by atoms with Crippen LogP contribution >= 0.6 is 0 Å². The molecule has 0 saturated carbocycles. The first-order valence-corrected chi connectivity index (χ1v) is 7.21. The van der Waals surface area contributed by atoms with Crippen molar-refractivity contribution >= 4 is 11.6 Å². The molecule has 19 heavy (non-hydrogen) atoms. The van der Waals surface area contributed by atoms with Crippen LogP contribution in [0.1, 0.15) is 49.4 Å². The second-order valence-corrected chi connectivity index (χ2v) is 5.34. The molecule has 2 heterocycles. The highest BCUT2D eigenvalue weighted by atomic mass is 16.2. The molecule has 0 aromatic carbocycles. The zero-order valence-electron chi connectivity index (χ0n) is 11.6. The average Bonchev–Trinajstić information content (AvgIpc) is 2.65. The molecule has 1 aliphatic rings. The van der Waals surface area contributed by atoms with Gasteiger partial charge < -0.3 is 10.6 Å². The minimum atomic E-state index is 0.0528. The minimum Gasteiger partial charge on any atom is -0.397 e. The summed E-state index contributed by atoms with van der Waals surface area (Å²) in [5.74, 6) is 0.828. The van der Waals surface area contributed by atoms with E-state index in [1.54, 1.807) is 18.5 Å². The number of carbonyl (C=O) groups is 1. The number of aromatic nitrogens is 1. The molecule has 4 heteroatoms. The van der Waals surface area contributed by atoms with Gasteiger partial charge in [-0.25, -0.2) is 0 Å². The van der Waals surface area contributed by atoms with Crippen LogP contribution in [0.3, 0.4) is 0 Å². The molecular weight excluding hydrogens is 238 g/mol. The maximum atomic E-state index is 12.5. The van der Waals surface area contributed by atoms with Crippen LogP contribution in [0, 0.1) is 5.92 Å². The topological polar surface area (TPSA) is 59.2 Å². The highest BCUT2D eigenvalue weighted by Crippen LogP contribution is 2.23. The predicted molar refractivity (Wildman–Crippen MR) is 76.8 cm³/mol. The zero-order chi connectivity index (χ0) is 13.7. The number of amides is 1. The van der Waals surface area contributed by atoms with Crippen molar-refractivity contribution in [2.24, 2.45) is 5.92 Å². The monoisotopic (exact) mass is 261 g/mol. The molecule has 0 aliphatic carbocycles. The number of nitrogens with zero attached hydrogens (tertiary/aromatic N) is 2. The van der Waals surface area contributed by atoms with Crippen molar-refractivity contribution in [1.29, 1.82) is 0 Å². The minimum absolute atomic E-state index is 0.0528. The number of carbonyl (C=O) groups excluding carboxylic acids is 1. The van der Waals surface area contributed by atoms with Crippen molar-refractivity contribution in [1.82, 2.24) is 9.88 Å². The molecule has 2 rings (SSSR count). The van der Waals surface area contributed by atoms with Crippen LogP contribution in [0.25, 0.3) is 0 Å². The number of hydrogen-bond donors (Lipinski definition) is 1. The lowest BCUT2D eigenvalue weighted by Crippen LogP contribution is -2.32. The van der Waals surface area contributed by atoms with Crippen molar-refractivity contribution in [2.45, 2.75) is 39.0 Å². The number of nitrogens with two attached hydrogens (primary N) is 1. The quantitative estimate of drug-likeness (QED) is 0.910. The number of anilines is 1. The molecule has 104 valence electrons. The van der Waals surface area contributed by atoms with E-state index in [1.807, 2.05) is 4.90 Å². The molecule has 1 saturated heterocycles.